The molecule has 0 aliphatic carbocycles. The number of nitrogens with zero attached hydrogens (tertiary/aromatic N) is 3. The Kier molecular flexibility index (Phi) is 5.44. The highest BCUT2D eigenvalue weighted by Gasteiger charge is 2.27. The van der Waals surface area contributed by atoms with E-state index in [2.05, 4.69) is 5.10 Å². The summed E-state index contributed by atoms with van der Waals surface area (Å²) in [4.78, 5) is 11.7. The second kappa shape index (κ2) is 8.02. The van der Waals surface area contributed by atoms with Gasteiger partial charge in [-0.05, 0) is 47.5 Å². The van der Waals surface area contributed by atoms with Crippen LogP contribution in [0, 0.1) is 0 Å². The van der Waals surface area contributed by atoms with Crippen LogP contribution in [0.4, 0.5) is 0 Å². The van der Waals surface area contributed by atoms with Crippen molar-refractivity contribution >= 4 is 27.8 Å². The zero-order chi connectivity index (χ0) is 20.4. The fraction of sp³-hybridized carbons (Fsp3) is 0.200. The third kappa shape index (κ3) is 4.07. The first-order chi connectivity index (χ1) is 13.9. The molecule has 0 spiro atoms. The first-order valence-corrected chi connectivity index (χ1v) is 11.6. The molecular weight excluding hydrogens is 410 g/mol. The highest BCUT2D eigenvalue weighted by atomic mass is 32.2. The smallest absolute Gasteiger partial charge is 0.335 e. The summed E-state index contributed by atoms with van der Waals surface area (Å²) in [7, 11) is -3.76. The molecule has 0 atom stereocenters. The van der Waals surface area contributed by atoms with Crippen LogP contribution in [0.25, 0.3) is 16.8 Å². The molecule has 0 unspecified atom stereocenters. The molecule has 1 saturated heterocycles. The number of hydrogen-bond acceptors (Lipinski definition) is 5. The number of rotatable bonds is 5. The van der Waals surface area contributed by atoms with Crippen LogP contribution in [0.15, 0.2) is 65.8 Å². The number of carbonyl (C=O) groups is 1. The quantitative estimate of drug-likeness (QED) is 0.670. The molecule has 3 aromatic rings. The van der Waals surface area contributed by atoms with Gasteiger partial charge >= 0.3 is 5.97 Å². The van der Waals surface area contributed by atoms with Crippen molar-refractivity contribution in [1.82, 2.24) is 14.1 Å². The van der Waals surface area contributed by atoms with Crippen LogP contribution in [0.5, 0.6) is 0 Å². The minimum absolute atomic E-state index is 0.00351. The Balaban J connectivity index is 1.80. The van der Waals surface area contributed by atoms with Crippen molar-refractivity contribution in [1.29, 1.82) is 0 Å². The zero-order valence-electron chi connectivity index (χ0n) is 15.4. The maximum Gasteiger partial charge on any atom is 0.335 e. The molecule has 1 aromatic heterocycles. The molecule has 1 aliphatic heterocycles. The van der Waals surface area contributed by atoms with Gasteiger partial charge in [0.25, 0.3) is 0 Å². The van der Waals surface area contributed by atoms with Gasteiger partial charge in [0.15, 0.2) is 0 Å². The predicted octanol–water partition coefficient (Wildman–Crippen LogP) is 2.98. The number of hydrogen-bond donors (Lipinski definition) is 1. The van der Waals surface area contributed by atoms with Crippen LogP contribution in [-0.4, -0.2) is 58.2 Å². The number of sulfonamides is 1. The summed E-state index contributed by atoms with van der Waals surface area (Å²) in [5.41, 5.74) is 1.98. The molecule has 0 radical (unpaired) electrons. The summed E-state index contributed by atoms with van der Waals surface area (Å²) in [6, 6.07) is 13.5. The van der Waals surface area contributed by atoms with Gasteiger partial charge in [0, 0.05) is 37.0 Å². The van der Waals surface area contributed by atoms with E-state index in [0.717, 1.165) is 17.2 Å². The molecule has 1 N–H and O–H groups in total. The molecule has 150 valence electrons. The normalized spacial score (nSPS) is 15.3. The van der Waals surface area contributed by atoms with Gasteiger partial charge < -0.3 is 5.11 Å². The molecule has 0 saturated carbocycles. The van der Waals surface area contributed by atoms with Gasteiger partial charge in [-0.25, -0.2) is 17.9 Å². The van der Waals surface area contributed by atoms with Crippen molar-refractivity contribution in [3.63, 3.8) is 0 Å². The average molecular weight is 430 g/mol. The summed E-state index contributed by atoms with van der Waals surface area (Å²) in [5.74, 6) is 0.300. The molecular formula is C20H19N3O4S2. The summed E-state index contributed by atoms with van der Waals surface area (Å²) in [5, 5.41) is 13.7. The minimum atomic E-state index is -3.76. The number of carboxylic acids is 1. The van der Waals surface area contributed by atoms with Crippen molar-refractivity contribution < 1.29 is 18.3 Å². The van der Waals surface area contributed by atoms with Crippen molar-refractivity contribution in [2.45, 2.75) is 4.90 Å². The monoisotopic (exact) mass is 429 g/mol. The molecule has 7 nitrogen and oxygen atoms in total. The first-order valence-electron chi connectivity index (χ1n) is 9.02. The van der Waals surface area contributed by atoms with Crippen LogP contribution >= 0.6 is 11.8 Å². The van der Waals surface area contributed by atoms with Gasteiger partial charge in [-0.1, -0.05) is 12.1 Å². The Morgan fingerprint density at radius 1 is 1.03 bits per heavy atom. The Bertz CT molecular complexity index is 1140. The molecule has 9 heteroatoms. The maximum atomic E-state index is 13.1. The first kappa shape index (κ1) is 19.7. The van der Waals surface area contributed by atoms with E-state index in [1.165, 1.54) is 16.4 Å². The van der Waals surface area contributed by atoms with E-state index < -0.39 is 16.0 Å². The van der Waals surface area contributed by atoms with E-state index in [-0.39, 0.29) is 10.5 Å². The summed E-state index contributed by atoms with van der Waals surface area (Å²) in [6.45, 7) is 0.850. The average Bonchev–Trinajstić information content (AvgIpc) is 3.29. The third-order valence-corrected chi connectivity index (χ3v) is 7.53. The topological polar surface area (TPSA) is 92.5 Å². The Morgan fingerprint density at radius 2 is 1.83 bits per heavy atom. The van der Waals surface area contributed by atoms with E-state index in [1.54, 1.807) is 41.0 Å². The molecule has 2 heterocycles. The fourth-order valence-corrected chi connectivity index (χ4v) is 5.87. The van der Waals surface area contributed by atoms with E-state index in [4.69, 9.17) is 0 Å². The Labute approximate surface area is 173 Å². The number of aromatic nitrogens is 2. The largest absolute Gasteiger partial charge is 0.478 e. The summed E-state index contributed by atoms with van der Waals surface area (Å²) >= 11 is 1.71. The highest BCUT2D eigenvalue weighted by Crippen LogP contribution is 2.29. The third-order valence-electron chi connectivity index (χ3n) is 4.71. The zero-order valence-corrected chi connectivity index (χ0v) is 17.1. The fourth-order valence-electron chi connectivity index (χ4n) is 3.22. The van der Waals surface area contributed by atoms with Crippen molar-refractivity contribution in [2.75, 3.05) is 24.6 Å². The van der Waals surface area contributed by atoms with Crippen LogP contribution < -0.4 is 0 Å². The van der Waals surface area contributed by atoms with Crippen molar-refractivity contribution in [3.05, 3.63) is 66.5 Å². The van der Waals surface area contributed by atoms with E-state index in [0.29, 0.717) is 24.2 Å². The Morgan fingerprint density at radius 3 is 2.52 bits per heavy atom. The number of thioether (sulfide) groups is 1. The minimum Gasteiger partial charge on any atom is -0.478 e. The van der Waals surface area contributed by atoms with Gasteiger partial charge in [-0.2, -0.15) is 21.2 Å². The lowest BCUT2D eigenvalue weighted by atomic mass is 10.0. The van der Waals surface area contributed by atoms with E-state index >= 15 is 0 Å². The second-order valence-corrected chi connectivity index (χ2v) is 9.73. The highest BCUT2D eigenvalue weighted by molar-refractivity contribution is 7.99. The lowest BCUT2D eigenvalue weighted by Crippen LogP contribution is -2.37. The van der Waals surface area contributed by atoms with E-state index in [9.17, 15) is 18.3 Å². The standard InChI is InChI=1S/C20H19N3O4S2/c24-20(25)17-11-16(15-3-1-4-18(12-15)23-6-2-5-21-23)13-19(14-17)29(26,27)22-7-9-28-10-8-22/h1-6,11-14H,7-10H2,(H,24,25). The molecule has 0 bridgehead atoms. The molecule has 0 amide bonds. The number of aromatic carboxylic acids is 1. The molecule has 4 rings (SSSR count). The second-order valence-electron chi connectivity index (χ2n) is 6.57. The van der Waals surface area contributed by atoms with Crippen LogP contribution in [-0.2, 0) is 10.0 Å². The molecule has 1 fully saturated rings. The van der Waals surface area contributed by atoms with Gasteiger partial charge in [0.2, 0.25) is 10.0 Å². The molecule has 1 aliphatic rings. The van der Waals surface area contributed by atoms with E-state index in [1.807, 2.05) is 24.3 Å². The van der Waals surface area contributed by atoms with Crippen LogP contribution in [0.1, 0.15) is 10.4 Å². The van der Waals surface area contributed by atoms with Crippen molar-refractivity contribution in [2.24, 2.45) is 0 Å². The number of carboxylic acid groups (broad SMARTS) is 1. The number of benzene rings is 2. The maximum absolute atomic E-state index is 13.1. The lowest BCUT2D eigenvalue weighted by Gasteiger charge is -2.26. The summed E-state index contributed by atoms with van der Waals surface area (Å²) < 4.78 is 29.3. The van der Waals surface area contributed by atoms with Gasteiger partial charge in [0.05, 0.1) is 16.1 Å². The lowest BCUT2D eigenvalue weighted by molar-refractivity contribution is 0.0696. The Hall–Kier alpha value is -2.62. The predicted molar refractivity (Wildman–Crippen MR) is 112 cm³/mol. The van der Waals surface area contributed by atoms with Gasteiger partial charge in [0.1, 0.15) is 0 Å². The van der Waals surface area contributed by atoms with Crippen LogP contribution in [0.3, 0.4) is 0 Å². The van der Waals surface area contributed by atoms with Crippen molar-refractivity contribution in [3.8, 4) is 16.8 Å². The molecule has 2 aromatic carbocycles. The van der Waals surface area contributed by atoms with Gasteiger partial charge in [-0.3, -0.25) is 0 Å². The van der Waals surface area contributed by atoms with Crippen LogP contribution in [0.2, 0.25) is 0 Å². The van der Waals surface area contributed by atoms with Gasteiger partial charge in [-0.15, -0.1) is 0 Å². The molecule has 29 heavy (non-hydrogen) atoms. The SMILES string of the molecule is O=C(O)c1cc(-c2cccc(-n3cccn3)c2)cc(S(=O)(=O)N2CCSCC2)c1. The summed E-state index contributed by atoms with van der Waals surface area (Å²) in [6.07, 6.45) is 3.47.